The van der Waals surface area contributed by atoms with E-state index in [-0.39, 0.29) is 16.8 Å². The van der Waals surface area contributed by atoms with Crippen LogP contribution in [0, 0.1) is 0 Å². The molecule has 0 unspecified atom stereocenters. The summed E-state index contributed by atoms with van der Waals surface area (Å²) in [6.07, 6.45) is 6.48. The van der Waals surface area contributed by atoms with Crippen molar-refractivity contribution in [3.63, 3.8) is 0 Å². The summed E-state index contributed by atoms with van der Waals surface area (Å²) in [5, 5.41) is 6.30. The fourth-order valence-corrected chi connectivity index (χ4v) is 5.86. The zero-order chi connectivity index (χ0) is 18.0. The molecule has 0 bridgehead atoms. The Hall–Kier alpha value is -1.80. The first-order valence-electron chi connectivity index (χ1n) is 8.40. The molecule has 0 radical (unpaired) electrons. The number of hydrogen-bond acceptors (Lipinski definition) is 4. The second-order valence-electron chi connectivity index (χ2n) is 6.33. The smallest absolute Gasteiger partial charge is 0.267 e. The standard InChI is InChI=1S/C17H23N3O3S2/c1-18-17(21)16-10-15(11-19(16)2)25(22,23)20(14-8-9-24-12-14)13-6-4-3-5-7-13/h8-13H,3-7H2,1-2H3,(H,18,21). The van der Waals surface area contributed by atoms with Crippen molar-refractivity contribution in [2.45, 2.75) is 43.0 Å². The molecule has 0 aromatic carbocycles. The van der Waals surface area contributed by atoms with Crippen molar-refractivity contribution in [3.05, 3.63) is 34.8 Å². The molecule has 25 heavy (non-hydrogen) atoms. The van der Waals surface area contributed by atoms with Gasteiger partial charge in [0.25, 0.3) is 15.9 Å². The van der Waals surface area contributed by atoms with Gasteiger partial charge in [0.1, 0.15) is 10.6 Å². The quantitative estimate of drug-likeness (QED) is 0.865. The Kier molecular flexibility index (Phi) is 5.19. The molecule has 136 valence electrons. The molecule has 1 fully saturated rings. The molecule has 1 saturated carbocycles. The minimum absolute atomic E-state index is 0.0305. The zero-order valence-electron chi connectivity index (χ0n) is 14.4. The maximum Gasteiger partial charge on any atom is 0.267 e. The fourth-order valence-electron chi connectivity index (χ4n) is 3.39. The topological polar surface area (TPSA) is 71.4 Å². The van der Waals surface area contributed by atoms with Crippen LogP contribution >= 0.6 is 11.3 Å². The highest BCUT2D eigenvalue weighted by molar-refractivity contribution is 7.92. The van der Waals surface area contributed by atoms with Gasteiger partial charge in [-0.3, -0.25) is 9.10 Å². The Labute approximate surface area is 152 Å². The van der Waals surface area contributed by atoms with Gasteiger partial charge in [-0.2, -0.15) is 11.3 Å². The van der Waals surface area contributed by atoms with E-state index in [2.05, 4.69) is 5.32 Å². The molecule has 2 heterocycles. The fraction of sp³-hybridized carbons (Fsp3) is 0.471. The highest BCUT2D eigenvalue weighted by Crippen LogP contribution is 2.34. The summed E-state index contributed by atoms with van der Waals surface area (Å²) >= 11 is 1.48. The molecular weight excluding hydrogens is 358 g/mol. The maximum atomic E-state index is 13.4. The number of hydrogen-bond donors (Lipinski definition) is 1. The lowest BCUT2D eigenvalue weighted by atomic mass is 9.95. The summed E-state index contributed by atoms with van der Waals surface area (Å²) in [4.78, 5) is 12.1. The monoisotopic (exact) mass is 381 g/mol. The average molecular weight is 382 g/mol. The van der Waals surface area contributed by atoms with Crippen LogP contribution < -0.4 is 9.62 Å². The highest BCUT2D eigenvalue weighted by atomic mass is 32.2. The molecule has 1 N–H and O–H groups in total. The van der Waals surface area contributed by atoms with E-state index in [0.29, 0.717) is 11.4 Å². The lowest BCUT2D eigenvalue weighted by Crippen LogP contribution is -2.41. The largest absolute Gasteiger partial charge is 0.354 e. The number of rotatable bonds is 5. The number of thiophene rings is 1. The number of carbonyl (C=O) groups excluding carboxylic acids is 1. The Morgan fingerprint density at radius 3 is 2.64 bits per heavy atom. The number of carbonyl (C=O) groups is 1. The van der Waals surface area contributed by atoms with Gasteiger partial charge < -0.3 is 9.88 Å². The van der Waals surface area contributed by atoms with Crippen LogP contribution in [0.4, 0.5) is 5.69 Å². The van der Waals surface area contributed by atoms with Crippen LogP contribution in [-0.4, -0.2) is 32.0 Å². The van der Waals surface area contributed by atoms with Crippen LogP contribution in [0.3, 0.4) is 0 Å². The Morgan fingerprint density at radius 1 is 1.32 bits per heavy atom. The van der Waals surface area contributed by atoms with Crippen LogP contribution in [0.5, 0.6) is 0 Å². The lowest BCUT2D eigenvalue weighted by molar-refractivity contribution is 0.0955. The summed E-state index contributed by atoms with van der Waals surface area (Å²) in [6.45, 7) is 0. The number of aryl methyl sites for hydroxylation is 1. The first-order valence-corrected chi connectivity index (χ1v) is 10.8. The minimum atomic E-state index is -3.73. The summed E-state index contributed by atoms with van der Waals surface area (Å²) in [5.74, 6) is -0.302. The van der Waals surface area contributed by atoms with Crippen LogP contribution in [0.15, 0.2) is 34.0 Å². The third kappa shape index (κ3) is 3.46. The molecule has 6 nitrogen and oxygen atoms in total. The number of amides is 1. The number of anilines is 1. The van der Waals surface area contributed by atoms with E-state index in [1.165, 1.54) is 30.6 Å². The van der Waals surface area contributed by atoms with Gasteiger partial charge in [0.2, 0.25) is 0 Å². The van der Waals surface area contributed by atoms with E-state index in [9.17, 15) is 13.2 Å². The van der Waals surface area contributed by atoms with E-state index in [4.69, 9.17) is 0 Å². The molecule has 1 aliphatic rings. The van der Waals surface area contributed by atoms with Crippen molar-refractivity contribution >= 4 is 33.0 Å². The lowest BCUT2D eigenvalue weighted by Gasteiger charge is -2.34. The van der Waals surface area contributed by atoms with Gasteiger partial charge in [-0.05, 0) is 30.4 Å². The van der Waals surface area contributed by atoms with Gasteiger partial charge in [0, 0.05) is 31.7 Å². The van der Waals surface area contributed by atoms with E-state index < -0.39 is 10.0 Å². The SMILES string of the molecule is CNC(=O)c1cc(S(=O)(=O)N(c2ccsc2)C2CCCCC2)cn1C. The maximum absolute atomic E-state index is 13.4. The predicted molar refractivity (Wildman–Crippen MR) is 99.7 cm³/mol. The van der Waals surface area contributed by atoms with E-state index >= 15 is 0 Å². The molecular formula is C17H23N3O3S2. The van der Waals surface area contributed by atoms with Crippen molar-refractivity contribution in [2.24, 2.45) is 7.05 Å². The molecule has 0 saturated heterocycles. The number of aromatic nitrogens is 1. The molecule has 0 spiro atoms. The first-order chi connectivity index (χ1) is 11.9. The van der Waals surface area contributed by atoms with Crippen LogP contribution in [0.1, 0.15) is 42.6 Å². The molecule has 3 rings (SSSR count). The highest BCUT2D eigenvalue weighted by Gasteiger charge is 2.34. The Morgan fingerprint density at radius 2 is 2.04 bits per heavy atom. The van der Waals surface area contributed by atoms with Gasteiger partial charge in [0.15, 0.2) is 0 Å². The van der Waals surface area contributed by atoms with Gasteiger partial charge in [-0.25, -0.2) is 8.42 Å². The van der Waals surface area contributed by atoms with Crippen LogP contribution in [-0.2, 0) is 17.1 Å². The molecule has 1 amide bonds. The normalized spacial score (nSPS) is 15.9. The van der Waals surface area contributed by atoms with Crippen molar-refractivity contribution in [1.29, 1.82) is 0 Å². The first kappa shape index (κ1) is 18.0. The molecule has 1 aliphatic carbocycles. The van der Waals surface area contributed by atoms with Crippen molar-refractivity contribution in [3.8, 4) is 0 Å². The van der Waals surface area contributed by atoms with Crippen molar-refractivity contribution in [1.82, 2.24) is 9.88 Å². The summed E-state index contributed by atoms with van der Waals surface area (Å²) < 4.78 is 29.9. The van der Waals surface area contributed by atoms with Gasteiger partial charge in [0.05, 0.1) is 5.69 Å². The zero-order valence-corrected chi connectivity index (χ0v) is 16.1. The molecule has 2 aromatic rings. The van der Waals surface area contributed by atoms with Gasteiger partial charge in [-0.1, -0.05) is 19.3 Å². The van der Waals surface area contributed by atoms with E-state index in [1.807, 2.05) is 16.8 Å². The summed E-state index contributed by atoms with van der Waals surface area (Å²) in [7, 11) is -0.517. The summed E-state index contributed by atoms with van der Waals surface area (Å²) in [5.41, 5.74) is 1.04. The van der Waals surface area contributed by atoms with E-state index in [0.717, 1.165) is 32.1 Å². The van der Waals surface area contributed by atoms with E-state index in [1.54, 1.807) is 15.9 Å². The number of nitrogens with zero attached hydrogens (tertiary/aromatic N) is 2. The van der Waals surface area contributed by atoms with Crippen molar-refractivity contribution in [2.75, 3.05) is 11.4 Å². The van der Waals surface area contributed by atoms with Crippen LogP contribution in [0.2, 0.25) is 0 Å². The Bertz CT molecular complexity index is 835. The average Bonchev–Trinajstić information content (AvgIpc) is 3.25. The number of nitrogens with one attached hydrogen (secondary N) is 1. The molecule has 0 aliphatic heterocycles. The molecule has 2 aromatic heterocycles. The van der Waals surface area contributed by atoms with Gasteiger partial charge in [-0.15, -0.1) is 0 Å². The third-order valence-electron chi connectivity index (χ3n) is 4.66. The van der Waals surface area contributed by atoms with Crippen LogP contribution in [0.25, 0.3) is 0 Å². The molecule has 8 heteroatoms. The second-order valence-corrected chi connectivity index (χ2v) is 8.92. The number of sulfonamides is 1. The van der Waals surface area contributed by atoms with Gasteiger partial charge >= 0.3 is 0 Å². The second kappa shape index (κ2) is 7.21. The third-order valence-corrected chi connectivity index (χ3v) is 7.18. The molecule has 0 atom stereocenters. The summed E-state index contributed by atoms with van der Waals surface area (Å²) in [6, 6.07) is 3.27. The predicted octanol–water partition coefficient (Wildman–Crippen LogP) is 2.97. The van der Waals surface area contributed by atoms with Crippen molar-refractivity contribution < 1.29 is 13.2 Å². The Balaban J connectivity index is 2.04. The minimum Gasteiger partial charge on any atom is -0.354 e.